The molecule has 3 N–H and O–H groups in total. The van der Waals surface area contributed by atoms with Gasteiger partial charge in [-0.05, 0) is 69.7 Å². The molecule has 0 unspecified atom stereocenters. The first-order chi connectivity index (χ1) is 17.5. The molecule has 8 heteroatoms. The third-order valence-electron chi connectivity index (χ3n) is 5.70. The fourth-order valence-corrected chi connectivity index (χ4v) is 3.80. The number of rotatable bonds is 6. The molecule has 0 saturated carbocycles. The summed E-state index contributed by atoms with van der Waals surface area (Å²) in [4.78, 5) is 17.4. The van der Waals surface area contributed by atoms with E-state index in [-0.39, 0.29) is 12.2 Å². The van der Waals surface area contributed by atoms with Gasteiger partial charge in [-0.25, -0.2) is 9.37 Å². The van der Waals surface area contributed by atoms with E-state index >= 15 is 0 Å². The Labute approximate surface area is 212 Å². The largest absolute Gasteiger partial charge is 0.495 e. The van der Waals surface area contributed by atoms with Crippen molar-refractivity contribution in [3.05, 3.63) is 66.1 Å². The van der Waals surface area contributed by atoms with Crippen molar-refractivity contribution in [1.29, 1.82) is 5.26 Å². The van der Waals surface area contributed by atoms with Crippen LogP contribution in [0.4, 0.5) is 10.1 Å². The number of nitriles is 1. The molecule has 0 radical (unpaired) electrons. The molecule has 0 amide bonds. The Morgan fingerprint density at radius 1 is 1.22 bits per heavy atom. The lowest BCUT2D eigenvalue weighted by atomic mass is 10.0. The molecule has 1 fully saturated rings. The number of nitrogens with zero attached hydrogens (tertiary/aromatic N) is 3. The number of hydrogen-bond acceptors (Lipinski definition) is 7. The number of aromatic nitrogens is 1. The average Bonchev–Trinajstić information content (AvgIpc) is 2.93. The third kappa shape index (κ3) is 7.60. The average molecular weight is 492 g/mol. The monoisotopic (exact) mass is 491 g/mol. The molecular formula is C28H34FN5O2. The Morgan fingerprint density at radius 2 is 1.92 bits per heavy atom. The molecule has 1 saturated heterocycles. The van der Waals surface area contributed by atoms with Crippen molar-refractivity contribution in [2.45, 2.75) is 19.3 Å². The molecule has 190 valence electrons. The fourth-order valence-electron chi connectivity index (χ4n) is 3.80. The van der Waals surface area contributed by atoms with E-state index in [0.29, 0.717) is 29.0 Å². The number of halogens is 1. The van der Waals surface area contributed by atoms with Gasteiger partial charge in [-0.1, -0.05) is 31.2 Å². The summed E-state index contributed by atoms with van der Waals surface area (Å²) in [6, 6.07) is 14.1. The first kappa shape index (κ1) is 28.4. The van der Waals surface area contributed by atoms with Crippen molar-refractivity contribution in [2.24, 2.45) is 5.73 Å². The third-order valence-corrected chi connectivity index (χ3v) is 5.70. The summed E-state index contributed by atoms with van der Waals surface area (Å²) >= 11 is 0. The summed E-state index contributed by atoms with van der Waals surface area (Å²) in [6.45, 7) is 6.59. The first-order valence-corrected chi connectivity index (χ1v) is 11.8. The van der Waals surface area contributed by atoms with Crippen molar-refractivity contribution >= 4 is 22.7 Å². The molecule has 1 aromatic heterocycles. The Bertz CT molecular complexity index is 1220. The van der Waals surface area contributed by atoms with Crippen LogP contribution in [-0.4, -0.2) is 57.0 Å². The van der Waals surface area contributed by atoms with Gasteiger partial charge >= 0.3 is 0 Å². The number of carbonyl (C=O) groups is 1. The number of benzene rings is 2. The van der Waals surface area contributed by atoms with Crippen molar-refractivity contribution in [3.63, 3.8) is 0 Å². The predicted molar refractivity (Wildman–Crippen MR) is 144 cm³/mol. The number of carbonyl (C=O) groups excluding carboxylic acids is 1. The zero-order valence-corrected chi connectivity index (χ0v) is 21.2. The zero-order chi connectivity index (χ0) is 26.5. The van der Waals surface area contributed by atoms with Gasteiger partial charge < -0.3 is 20.7 Å². The summed E-state index contributed by atoms with van der Waals surface area (Å²) in [6.07, 6.45) is 4.67. The number of aldehydes is 1. The molecule has 1 aliphatic rings. The van der Waals surface area contributed by atoms with Gasteiger partial charge in [0.05, 0.1) is 24.6 Å². The smallest absolute Gasteiger partial charge is 0.171 e. The minimum Gasteiger partial charge on any atom is -0.495 e. The summed E-state index contributed by atoms with van der Waals surface area (Å²) in [5, 5.41) is 13.9. The van der Waals surface area contributed by atoms with Crippen LogP contribution in [0.3, 0.4) is 0 Å². The Morgan fingerprint density at radius 3 is 2.50 bits per heavy atom. The lowest BCUT2D eigenvalue weighted by Gasteiger charge is -2.20. The van der Waals surface area contributed by atoms with Crippen LogP contribution in [0.25, 0.3) is 22.0 Å². The van der Waals surface area contributed by atoms with Gasteiger partial charge in [0, 0.05) is 23.1 Å². The normalized spacial score (nSPS) is 12.8. The number of pyridine rings is 1. The van der Waals surface area contributed by atoms with Crippen LogP contribution in [0.2, 0.25) is 0 Å². The van der Waals surface area contributed by atoms with Crippen molar-refractivity contribution in [3.8, 4) is 23.1 Å². The van der Waals surface area contributed by atoms with Crippen LogP contribution in [-0.2, 0) is 0 Å². The van der Waals surface area contributed by atoms with E-state index in [4.69, 9.17) is 10.00 Å². The molecule has 0 atom stereocenters. The molecule has 2 heterocycles. The van der Waals surface area contributed by atoms with Gasteiger partial charge in [-0.3, -0.25) is 4.79 Å². The highest BCUT2D eigenvalue weighted by atomic mass is 19.1. The second-order valence-electron chi connectivity index (χ2n) is 8.19. The van der Waals surface area contributed by atoms with Crippen molar-refractivity contribution in [2.75, 3.05) is 46.2 Å². The van der Waals surface area contributed by atoms with Gasteiger partial charge in [0.1, 0.15) is 11.4 Å². The quantitative estimate of drug-likeness (QED) is 0.368. The number of hydrogen-bond donors (Lipinski definition) is 2. The van der Waals surface area contributed by atoms with Crippen LogP contribution in [0.1, 0.15) is 29.8 Å². The van der Waals surface area contributed by atoms with Crippen molar-refractivity contribution in [1.82, 2.24) is 9.88 Å². The number of anilines is 1. The number of methoxy groups -OCH3 is 1. The van der Waals surface area contributed by atoms with Crippen molar-refractivity contribution < 1.29 is 13.9 Å². The number of nitrogens with one attached hydrogen (secondary N) is 1. The summed E-state index contributed by atoms with van der Waals surface area (Å²) in [5.74, 6) is -0.0420. The highest BCUT2D eigenvalue weighted by Crippen LogP contribution is 2.35. The van der Waals surface area contributed by atoms with E-state index in [0.717, 1.165) is 16.3 Å². The van der Waals surface area contributed by atoms with E-state index in [1.165, 1.54) is 51.5 Å². The van der Waals surface area contributed by atoms with Crippen LogP contribution >= 0.6 is 0 Å². The number of ether oxygens (including phenoxy) is 1. The van der Waals surface area contributed by atoms with E-state index in [2.05, 4.69) is 34.6 Å². The van der Waals surface area contributed by atoms with Crippen LogP contribution < -0.4 is 15.8 Å². The number of likely N-dealkylation sites (tertiary alicyclic amines) is 1. The van der Waals surface area contributed by atoms with Gasteiger partial charge in [-0.15, -0.1) is 0 Å². The maximum absolute atomic E-state index is 13.6. The van der Waals surface area contributed by atoms with Gasteiger partial charge in [0.2, 0.25) is 0 Å². The van der Waals surface area contributed by atoms with E-state index < -0.39 is 5.82 Å². The van der Waals surface area contributed by atoms with Gasteiger partial charge in [-0.2, -0.15) is 5.26 Å². The highest BCUT2D eigenvalue weighted by molar-refractivity contribution is 5.99. The van der Waals surface area contributed by atoms with Crippen LogP contribution in [0, 0.1) is 17.1 Å². The molecule has 3 aromatic rings. The molecule has 2 aromatic carbocycles. The predicted octanol–water partition coefficient (Wildman–Crippen LogP) is 5.03. The molecule has 4 rings (SSSR count). The van der Waals surface area contributed by atoms with E-state index in [1.54, 1.807) is 7.11 Å². The highest BCUT2D eigenvalue weighted by Gasteiger charge is 2.12. The van der Waals surface area contributed by atoms with E-state index in [1.807, 2.05) is 36.4 Å². The number of piperidine rings is 1. The summed E-state index contributed by atoms with van der Waals surface area (Å²) in [7, 11) is 5.26. The van der Waals surface area contributed by atoms with Crippen LogP contribution in [0.15, 0.2) is 54.6 Å². The molecular weight excluding hydrogens is 457 g/mol. The molecule has 0 aliphatic carbocycles. The minimum absolute atomic E-state index is 0.234. The summed E-state index contributed by atoms with van der Waals surface area (Å²) in [5.41, 5.74) is 6.57. The standard InChI is InChI=1S/C21H16FN3O2.C6H13N.CH5N/c1-13(10-23)11-24-21-16-9-15(4-3-14(16)5-8-20(21)27-2)18-7-6-17(22)19(12-26)25-18;1-7-5-3-2-4-6-7;1-2/h3-9,12,24H,1,11H2,2H3;2-6H2,1H3;2H2,1H3. The fraction of sp³-hybridized carbons (Fsp3) is 0.321. The Balaban J connectivity index is 0.000000431. The van der Waals surface area contributed by atoms with Crippen LogP contribution in [0.5, 0.6) is 5.75 Å². The second-order valence-corrected chi connectivity index (χ2v) is 8.19. The summed E-state index contributed by atoms with van der Waals surface area (Å²) < 4.78 is 19.0. The molecule has 0 spiro atoms. The maximum Gasteiger partial charge on any atom is 0.171 e. The second kappa shape index (κ2) is 14.6. The zero-order valence-electron chi connectivity index (χ0n) is 21.2. The molecule has 36 heavy (non-hydrogen) atoms. The minimum atomic E-state index is -0.659. The van der Waals surface area contributed by atoms with Gasteiger partial charge in [0.25, 0.3) is 0 Å². The number of fused-ring (bicyclic) bond motifs is 1. The Hall–Kier alpha value is -3.80. The van der Waals surface area contributed by atoms with E-state index in [9.17, 15) is 9.18 Å². The Kier molecular flexibility index (Phi) is 11.5. The van der Waals surface area contributed by atoms with Gasteiger partial charge in [0.15, 0.2) is 12.1 Å². The molecule has 1 aliphatic heterocycles. The molecule has 0 bridgehead atoms. The number of nitrogens with two attached hydrogens (primary N) is 1. The lowest BCUT2D eigenvalue weighted by molar-refractivity contribution is 0.111. The SMILES string of the molecule is C=C(C#N)CNc1c(OC)ccc2ccc(-c3ccc(F)c(C=O)n3)cc12.CN.CN1CCCCC1. The maximum atomic E-state index is 13.6. The molecule has 7 nitrogen and oxygen atoms in total. The topological polar surface area (TPSA) is 104 Å². The lowest BCUT2D eigenvalue weighted by Crippen LogP contribution is -2.24. The first-order valence-electron chi connectivity index (χ1n) is 11.8.